The Hall–Kier alpha value is -3.39. The second kappa shape index (κ2) is 6.39. The second-order valence-corrected chi connectivity index (χ2v) is 5.14. The van der Waals surface area contributed by atoms with E-state index in [0.717, 1.165) is 0 Å². The van der Waals surface area contributed by atoms with Gasteiger partial charge in [0.2, 0.25) is 0 Å². The van der Waals surface area contributed by atoms with Gasteiger partial charge in [0.15, 0.2) is 0 Å². The minimum Gasteiger partial charge on any atom is -0.462 e. The molecule has 2 heterocycles. The van der Waals surface area contributed by atoms with Crippen LogP contribution >= 0.6 is 0 Å². The summed E-state index contributed by atoms with van der Waals surface area (Å²) in [6.45, 7) is 1.97. The quantitative estimate of drug-likeness (QED) is 0.696. The van der Waals surface area contributed by atoms with Crippen LogP contribution in [0.5, 0.6) is 0 Å². The topological polar surface area (TPSA) is 71.6 Å². The number of rotatable bonds is 3. The van der Waals surface area contributed by atoms with Crippen LogP contribution in [0.15, 0.2) is 59.5 Å². The third kappa shape index (κ3) is 2.66. The lowest BCUT2D eigenvalue weighted by atomic mass is 9.98. The van der Waals surface area contributed by atoms with E-state index in [0.29, 0.717) is 27.8 Å². The third-order valence-corrected chi connectivity index (χ3v) is 3.70. The van der Waals surface area contributed by atoms with E-state index in [1.54, 1.807) is 55.6 Å². The molecule has 0 radical (unpaired) electrons. The van der Waals surface area contributed by atoms with Gasteiger partial charge in [-0.3, -0.25) is 9.20 Å². The van der Waals surface area contributed by atoms with Gasteiger partial charge in [-0.25, -0.2) is 4.79 Å². The molecule has 0 aliphatic heterocycles. The maximum absolute atomic E-state index is 12.5. The van der Waals surface area contributed by atoms with Crippen LogP contribution in [-0.4, -0.2) is 17.0 Å². The average molecular weight is 318 g/mol. The lowest BCUT2D eigenvalue weighted by molar-refractivity contribution is 0.0529. The minimum absolute atomic E-state index is 0.238. The normalized spacial score (nSPS) is 10.3. The van der Waals surface area contributed by atoms with Crippen molar-refractivity contribution < 1.29 is 9.53 Å². The molecule has 0 spiro atoms. The van der Waals surface area contributed by atoms with Gasteiger partial charge >= 0.3 is 5.97 Å². The van der Waals surface area contributed by atoms with E-state index in [1.807, 2.05) is 6.07 Å². The summed E-state index contributed by atoms with van der Waals surface area (Å²) in [6, 6.07) is 15.4. The van der Waals surface area contributed by atoms with E-state index in [-0.39, 0.29) is 12.2 Å². The number of ether oxygens (including phenoxy) is 1. The molecular formula is C19H14N2O3. The van der Waals surface area contributed by atoms with Crippen molar-refractivity contribution in [1.29, 1.82) is 5.26 Å². The number of hydrogen-bond acceptors (Lipinski definition) is 4. The molecule has 3 aromatic rings. The van der Waals surface area contributed by atoms with Gasteiger partial charge in [0.05, 0.1) is 29.3 Å². The molecular weight excluding hydrogens is 304 g/mol. The fourth-order valence-electron chi connectivity index (χ4n) is 2.61. The molecule has 0 aliphatic rings. The van der Waals surface area contributed by atoms with Gasteiger partial charge < -0.3 is 4.74 Å². The van der Waals surface area contributed by atoms with Crippen molar-refractivity contribution in [2.75, 3.05) is 6.61 Å². The number of nitriles is 1. The molecule has 118 valence electrons. The Morgan fingerprint density at radius 2 is 1.96 bits per heavy atom. The number of aromatic nitrogens is 1. The molecule has 0 fully saturated rings. The van der Waals surface area contributed by atoms with Crippen molar-refractivity contribution in [2.45, 2.75) is 6.92 Å². The van der Waals surface area contributed by atoms with Crippen molar-refractivity contribution in [2.24, 2.45) is 0 Å². The first-order chi connectivity index (χ1) is 11.7. The van der Waals surface area contributed by atoms with Crippen molar-refractivity contribution in [3.05, 3.63) is 76.2 Å². The molecule has 0 N–H and O–H groups in total. The minimum atomic E-state index is -0.486. The SMILES string of the molecule is CCOC(=O)c1c(-c2ccc(C#N)cc2)cc(=O)n2ccccc12. The van der Waals surface area contributed by atoms with E-state index in [1.165, 1.54) is 10.5 Å². The number of carbonyl (C=O) groups excluding carboxylic acids is 1. The highest BCUT2D eigenvalue weighted by Crippen LogP contribution is 2.26. The molecule has 5 heteroatoms. The van der Waals surface area contributed by atoms with Gasteiger partial charge in [-0.2, -0.15) is 5.26 Å². The third-order valence-electron chi connectivity index (χ3n) is 3.70. The predicted molar refractivity (Wildman–Crippen MR) is 89.8 cm³/mol. The molecule has 3 rings (SSSR count). The summed E-state index contributed by atoms with van der Waals surface area (Å²) in [5.74, 6) is -0.486. The van der Waals surface area contributed by atoms with Gasteiger partial charge in [0, 0.05) is 17.8 Å². The number of fused-ring (bicyclic) bond motifs is 1. The highest BCUT2D eigenvalue weighted by Gasteiger charge is 2.19. The predicted octanol–water partition coefficient (Wildman–Crippen LogP) is 3.01. The lowest BCUT2D eigenvalue weighted by Gasteiger charge is -2.13. The lowest BCUT2D eigenvalue weighted by Crippen LogP contribution is -2.18. The molecule has 0 aliphatic carbocycles. The summed E-state index contributed by atoms with van der Waals surface area (Å²) in [7, 11) is 0. The van der Waals surface area contributed by atoms with Gasteiger partial charge in [-0.1, -0.05) is 18.2 Å². The smallest absolute Gasteiger partial charge is 0.340 e. The van der Waals surface area contributed by atoms with Crippen LogP contribution in [0.3, 0.4) is 0 Å². The Balaban J connectivity index is 2.33. The van der Waals surface area contributed by atoms with Gasteiger partial charge in [0.25, 0.3) is 5.56 Å². The number of nitrogens with zero attached hydrogens (tertiary/aromatic N) is 2. The highest BCUT2D eigenvalue weighted by molar-refractivity contribution is 6.04. The Bertz CT molecular complexity index is 1010. The zero-order valence-corrected chi connectivity index (χ0v) is 13.0. The Morgan fingerprint density at radius 1 is 1.21 bits per heavy atom. The number of hydrogen-bond donors (Lipinski definition) is 0. The molecule has 1 aromatic carbocycles. The van der Waals surface area contributed by atoms with E-state index >= 15 is 0 Å². The Kier molecular flexibility index (Phi) is 4.13. The maximum atomic E-state index is 12.5. The molecule has 2 aromatic heterocycles. The van der Waals surface area contributed by atoms with E-state index in [9.17, 15) is 9.59 Å². The molecule has 5 nitrogen and oxygen atoms in total. The largest absolute Gasteiger partial charge is 0.462 e. The molecule has 24 heavy (non-hydrogen) atoms. The summed E-state index contributed by atoms with van der Waals surface area (Å²) in [5, 5.41) is 8.92. The summed E-state index contributed by atoms with van der Waals surface area (Å²) in [5.41, 5.74) is 2.27. The first-order valence-corrected chi connectivity index (χ1v) is 7.47. The van der Waals surface area contributed by atoms with Crippen molar-refractivity contribution in [1.82, 2.24) is 4.40 Å². The average Bonchev–Trinajstić information content (AvgIpc) is 2.62. The van der Waals surface area contributed by atoms with Crippen LogP contribution in [0.2, 0.25) is 0 Å². The van der Waals surface area contributed by atoms with E-state index < -0.39 is 5.97 Å². The van der Waals surface area contributed by atoms with Crippen LogP contribution in [0, 0.1) is 11.3 Å². The fraction of sp³-hybridized carbons (Fsp3) is 0.105. The number of pyridine rings is 2. The monoisotopic (exact) mass is 318 g/mol. The molecule has 0 saturated heterocycles. The number of carbonyl (C=O) groups is 1. The maximum Gasteiger partial charge on any atom is 0.340 e. The van der Waals surface area contributed by atoms with Crippen molar-refractivity contribution in [3.63, 3.8) is 0 Å². The number of esters is 1. The van der Waals surface area contributed by atoms with Crippen molar-refractivity contribution >= 4 is 11.5 Å². The van der Waals surface area contributed by atoms with Gasteiger partial charge in [-0.15, -0.1) is 0 Å². The summed E-state index contributed by atoms with van der Waals surface area (Å²) in [4.78, 5) is 24.9. The Labute approximate surface area is 138 Å². The second-order valence-electron chi connectivity index (χ2n) is 5.14. The van der Waals surface area contributed by atoms with Crippen LogP contribution in [-0.2, 0) is 4.74 Å². The van der Waals surface area contributed by atoms with Crippen LogP contribution < -0.4 is 5.56 Å². The molecule has 0 atom stereocenters. The molecule has 0 saturated carbocycles. The summed E-state index contributed by atoms with van der Waals surface area (Å²) >= 11 is 0. The van der Waals surface area contributed by atoms with Gasteiger partial charge in [0.1, 0.15) is 0 Å². The first kappa shape index (κ1) is 15.5. The fourth-order valence-corrected chi connectivity index (χ4v) is 2.61. The zero-order valence-electron chi connectivity index (χ0n) is 13.0. The van der Waals surface area contributed by atoms with Crippen LogP contribution in [0.25, 0.3) is 16.6 Å². The number of benzene rings is 1. The van der Waals surface area contributed by atoms with E-state index in [4.69, 9.17) is 10.00 Å². The zero-order chi connectivity index (χ0) is 17.1. The van der Waals surface area contributed by atoms with Crippen molar-refractivity contribution in [3.8, 4) is 17.2 Å². The summed E-state index contributed by atoms with van der Waals surface area (Å²) in [6.07, 6.45) is 1.61. The standard InChI is InChI=1S/C19H14N2O3/c1-2-24-19(23)18-15(14-8-6-13(12-20)7-9-14)11-17(22)21-10-4-3-5-16(18)21/h3-11H,2H2,1H3. The molecule has 0 unspecified atom stereocenters. The molecule has 0 amide bonds. The Morgan fingerprint density at radius 3 is 2.62 bits per heavy atom. The van der Waals surface area contributed by atoms with Crippen LogP contribution in [0.4, 0.5) is 0 Å². The first-order valence-electron chi connectivity index (χ1n) is 7.47. The molecule has 0 bridgehead atoms. The van der Waals surface area contributed by atoms with Gasteiger partial charge in [-0.05, 0) is 36.8 Å². The van der Waals surface area contributed by atoms with E-state index in [2.05, 4.69) is 0 Å². The highest BCUT2D eigenvalue weighted by atomic mass is 16.5. The van der Waals surface area contributed by atoms with Crippen LogP contribution in [0.1, 0.15) is 22.8 Å². The summed E-state index contributed by atoms with van der Waals surface area (Å²) < 4.78 is 6.59.